The van der Waals surface area contributed by atoms with Crippen molar-refractivity contribution in [3.05, 3.63) is 68.2 Å². The van der Waals surface area contributed by atoms with Crippen molar-refractivity contribution in [1.82, 2.24) is 14.9 Å². The number of amides is 2. The van der Waals surface area contributed by atoms with Gasteiger partial charge in [0.05, 0.1) is 22.3 Å². The van der Waals surface area contributed by atoms with E-state index in [2.05, 4.69) is 10.3 Å². The largest absolute Gasteiger partial charge is 0.384 e. The Balaban J connectivity index is 2.13. The molecular formula is C16H10N4O4. The zero-order valence-corrected chi connectivity index (χ0v) is 12.1. The lowest BCUT2D eigenvalue weighted by molar-refractivity contribution is 0.0880. The first-order chi connectivity index (χ1) is 11.5. The van der Waals surface area contributed by atoms with Crippen molar-refractivity contribution in [2.24, 2.45) is 0 Å². The number of carbonyl (C=O) groups is 2. The molecule has 0 saturated heterocycles. The van der Waals surface area contributed by atoms with E-state index >= 15 is 0 Å². The molecule has 3 heterocycles. The number of benzene rings is 1. The van der Waals surface area contributed by atoms with E-state index in [1.165, 1.54) is 6.07 Å². The summed E-state index contributed by atoms with van der Waals surface area (Å²) in [6.07, 6.45) is 0. The van der Waals surface area contributed by atoms with Crippen LogP contribution < -0.4 is 22.2 Å². The molecule has 1 aliphatic rings. The maximum Gasteiger partial charge on any atom is 0.262 e. The first-order valence-electron chi connectivity index (χ1n) is 7.01. The number of aromatic nitrogens is 2. The number of hydrogen-bond donors (Lipinski definition) is 3. The van der Waals surface area contributed by atoms with Gasteiger partial charge in [0.2, 0.25) is 5.56 Å². The Bertz CT molecular complexity index is 1170. The number of rotatable bonds is 1. The van der Waals surface area contributed by atoms with Crippen molar-refractivity contribution in [1.29, 1.82) is 0 Å². The normalized spacial score (nSPS) is 13.2. The molecule has 1 aromatic carbocycles. The summed E-state index contributed by atoms with van der Waals surface area (Å²) in [4.78, 5) is 50.4. The molecule has 2 aromatic heterocycles. The smallest absolute Gasteiger partial charge is 0.262 e. The fourth-order valence-corrected chi connectivity index (χ4v) is 2.88. The Morgan fingerprint density at radius 2 is 1.75 bits per heavy atom. The number of aromatic amines is 1. The van der Waals surface area contributed by atoms with Gasteiger partial charge < -0.3 is 10.7 Å². The Labute approximate surface area is 133 Å². The highest BCUT2D eigenvalue weighted by Gasteiger charge is 2.32. The topological polar surface area (TPSA) is 127 Å². The number of hydrogen-bond acceptors (Lipinski definition) is 5. The maximum atomic E-state index is 12.5. The molecule has 0 saturated carbocycles. The second kappa shape index (κ2) is 4.66. The van der Waals surface area contributed by atoms with Crippen molar-refractivity contribution >= 4 is 28.5 Å². The quantitative estimate of drug-likeness (QED) is 0.549. The lowest BCUT2D eigenvalue weighted by atomic mass is 10.1. The second-order valence-corrected chi connectivity index (χ2v) is 5.34. The molecule has 0 atom stereocenters. The maximum absolute atomic E-state index is 12.5. The van der Waals surface area contributed by atoms with Crippen molar-refractivity contribution in [2.45, 2.75) is 0 Å². The fraction of sp³-hybridized carbons (Fsp3) is 0. The van der Waals surface area contributed by atoms with Crippen LogP contribution in [-0.2, 0) is 0 Å². The van der Waals surface area contributed by atoms with E-state index in [1.807, 2.05) is 0 Å². The van der Waals surface area contributed by atoms with Gasteiger partial charge in [0.25, 0.3) is 17.4 Å². The zero-order valence-electron chi connectivity index (χ0n) is 12.1. The molecule has 2 amide bonds. The number of para-hydroxylation sites is 1. The minimum atomic E-state index is -0.657. The van der Waals surface area contributed by atoms with Gasteiger partial charge in [0.1, 0.15) is 5.82 Å². The van der Waals surface area contributed by atoms with Crippen LogP contribution in [0, 0.1) is 0 Å². The molecule has 24 heavy (non-hydrogen) atoms. The van der Waals surface area contributed by atoms with Crippen molar-refractivity contribution in [2.75, 3.05) is 5.73 Å². The number of nitrogens with two attached hydrogens (primary N) is 1. The van der Waals surface area contributed by atoms with Crippen LogP contribution >= 0.6 is 0 Å². The van der Waals surface area contributed by atoms with Crippen LogP contribution in [0.2, 0.25) is 0 Å². The van der Waals surface area contributed by atoms with Gasteiger partial charge in [-0.2, -0.15) is 0 Å². The molecule has 0 unspecified atom stereocenters. The number of nitrogen functional groups attached to an aromatic ring is 1. The molecule has 4 N–H and O–H groups in total. The lowest BCUT2D eigenvalue weighted by Crippen LogP contribution is -2.24. The Morgan fingerprint density at radius 3 is 2.54 bits per heavy atom. The zero-order chi connectivity index (χ0) is 17.0. The van der Waals surface area contributed by atoms with E-state index in [-0.39, 0.29) is 22.5 Å². The predicted molar refractivity (Wildman–Crippen MR) is 86.4 cm³/mol. The second-order valence-electron chi connectivity index (χ2n) is 5.34. The number of imide groups is 1. The molecule has 4 rings (SSSR count). The summed E-state index contributed by atoms with van der Waals surface area (Å²) in [5, 5.41) is 2.80. The highest BCUT2D eigenvalue weighted by molar-refractivity contribution is 6.23. The van der Waals surface area contributed by atoms with Gasteiger partial charge in [-0.3, -0.25) is 29.1 Å². The summed E-state index contributed by atoms with van der Waals surface area (Å²) in [6, 6.07) is 9.10. The summed E-state index contributed by atoms with van der Waals surface area (Å²) in [7, 11) is 0. The molecule has 0 fully saturated rings. The molecule has 118 valence electrons. The van der Waals surface area contributed by atoms with E-state index in [4.69, 9.17) is 5.73 Å². The minimum Gasteiger partial charge on any atom is -0.384 e. The number of pyridine rings is 2. The van der Waals surface area contributed by atoms with Crippen LogP contribution in [0.5, 0.6) is 0 Å². The molecule has 0 bridgehead atoms. The molecule has 0 spiro atoms. The number of carbonyl (C=O) groups excluding carboxylic acids is 2. The Kier molecular flexibility index (Phi) is 2.71. The Morgan fingerprint density at radius 1 is 0.958 bits per heavy atom. The molecule has 3 aromatic rings. The summed E-state index contributed by atoms with van der Waals surface area (Å²) in [5.41, 5.74) is 5.73. The molecule has 8 nitrogen and oxygen atoms in total. The molecule has 0 aliphatic carbocycles. The average molecular weight is 322 g/mol. The first-order valence-corrected chi connectivity index (χ1v) is 7.01. The molecule has 8 heteroatoms. The highest BCUT2D eigenvalue weighted by Crippen LogP contribution is 2.25. The third-order valence-electron chi connectivity index (χ3n) is 3.93. The van der Waals surface area contributed by atoms with E-state index in [1.54, 1.807) is 24.3 Å². The van der Waals surface area contributed by atoms with Gasteiger partial charge in [0.15, 0.2) is 0 Å². The van der Waals surface area contributed by atoms with Crippen molar-refractivity contribution in [3.8, 4) is 5.69 Å². The average Bonchev–Trinajstić information content (AvgIpc) is 2.82. The molecular weight excluding hydrogens is 312 g/mol. The third kappa shape index (κ3) is 1.80. The number of nitrogens with one attached hydrogen (secondary N) is 2. The van der Waals surface area contributed by atoms with Gasteiger partial charge in [-0.15, -0.1) is 0 Å². The summed E-state index contributed by atoms with van der Waals surface area (Å²) < 4.78 is 1.11. The fourth-order valence-electron chi connectivity index (χ4n) is 2.88. The first kappa shape index (κ1) is 13.9. The number of nitrogens with zero attached hydrogens (tertiary/aromatic N) is 1. The van der Waals surface area contributed by atoms with Crippen LogP contribution in [0.25, 0.3) is 16.6 Å². The van der Waals surface area contributed by atoms with Crippen molar-refractivity contribution in [3.63, 3.8) is 0 Å². The lowest BCUT2D eigenvalue weighted by Gasteiger charge is -2.13. The molecule has 1 aliphatic heterocycles. The van der Waals surface area contributed by atoms with Crippen LogP contribution in [0.15, 0.2) is 46.0 Å². The van der Waals surface area contributed by atoms with Crippen LogP contribution in [-0.4, -0.2) is 21.4 Å². The monoisotopic (exact) mass is 322 g/mol. The minimum absolute atomic E-state index is 0.0464. The van der Waals surface area contributed by atoms with E-state index in [0.29, 0.717) is 16.6 Å². The van der Waals surface area contributed by atoms with Crippen molar-refractivity contribution < 1.29 is 9.59 Å². The number of fused-ring (bicyclic) bond motifs is 2. The van der Waals surface area contributed by atoms with Gasteiger partial charge in [-0.25, -0.2) is 0 Å². The van der Waals surface area contributed by atoms with Gasteiger partial charge in [-0.1, -0.05) is 12.1 Å². The number of anilines is 1. The van der Waals surface area contributed by atoms with Gasteiger partial charge >= 0.3 is 0 Å². The van der Waals surface area contributed by atoms with E-state index < -0.39 is 17.4 Å². The summed E-state index contributed by atoms with van der Waals surface area (Å²) in [6.45, 7) is 0. The van der Waals surface area contributed by atoms with Crippen LogP contribution in [0.4, 0.5) is 5.82 Å². The highest BCUT2D eigenvalue weighted by atomic mass is 16.2. The summed E-state index contributed by atoms with van der Waals surface area (Å²) in [5.74, 6) is -1.47. The van der Waals surface area contributed by atoms with E-state index in [9.17, 15) is 19.2 Å². The van der Waals surface area contributed by atoms with Gasteiger partial charge in [-0.05, 0) is 12.1 Å². The SMILES string of the molecule is Nc1c2c(cc(=O)n1-c1cccc3ccc(=O)[nH]c13)C(=O)NC2=O. The Hall–Kier alpha value is -3.68. The third-order valence-corrected chi connectivity index (χ3v) is 3.93. The van der Waals surface area contributed by atoms with Gasteiger partial charge in [0, 0.05) is 17.5 Å². The summed E-state index contributed by atoms with van der Waals surface area (Å²) >= 11 is 0. The predicted octanol–water partition coefficient (Wildman–Crippen LogP) is 0.145. The van der Waals surface area contributed by atoms with Crippen LogP contribution in [0.3, 0.4) is 0 Å². The van der Waals surface area contributed by atoms with E-state index in [0.717, 1.165) is 10.6 Å². The number of H-pyrrole nitrogens is 1. The molecule has 0 radical (unpaired) electrons. The standard InChI is InChI=1S/C16H10N4O4/c17-14-12-8(15(23)19-16(12)24)6-11(22)20(14)9-3-1-2-7-4-5-10(21)18-13(7)9/h1-6H,17H2,(H,18,21)(H,19,23,24). The van der Waals surface area contributed by atoms with Crippen LogP contribution in [0.1, 0.15) is 20.7 Å².